The molecule has 150 valence electrons. The van der Waals surface area contributed by atoms with Gasteiger partial charge in [-0.25, -0.2) is 4.98 Å². The van der Waals surface area contributed by atoms with Gasteiger partial charge in [-0.15, -0.1) is 11.8 Å². The number of benzene rings is 1. The summed E-state index contributed by atoms with van der Waals surface area (Å²) in [6, 6.07) is 13.9. The van der Waals surface area contributed by atoms with Crippen molar-refractivity contribution in [2.45, 2.75) is 44.1 Å². The SMILES string of the molecule is CCCCCSc1ncccc1C(=O)NNC(=S)NCCCc1ccccc1. The van der Waals surface area contributed by atoms with E-state index in [0.717, 1.165) is 36.6 Å². The summed E-state index contributed by atoms with van der Waals surface area (Å²) < 4.78 is 0. The molecule has 1 amide bonds. The van der Waals surface area contributed by atoms with Crippen LogP contribution in [0.15, 0.2) is 53.7 Å². The molecule has 28 heavy (non-hydrogen) atoms. The van der Waals surface area contributed by atoms with Crippen LogP contribution in [-0.2, 0) is 6.42 Å². The van der Waals surface area contributed by atoms with Crippen LogP contribution >= 0.6 is 24.0 Å². The Bertz CT molecular complexity index is 740. The molecule has 5 nitrogen and oxygen atoms in total. The number of nitrogens with zero attached hydrogens (tertiary/aromatic N) is 1. The number of hydrogen-bond acceptors (Lipinski definition) is 4. The Morgan fingerprint density at radius 1 is 1.07 bits per heavy atom. The minimum Gasteiger partial charge on any atom is -0.361 e. The van der Waals surface area contributed by atoms with Gasteiger partial charge < -0.3 is 5.32 Å². The number of aromatic nitrogens is 1. The number of carbonyl (C=O) groups excluding carboxylic acids is 1. The lowest BCUT2D eigenvalue weighted by Gasteiger charge is -2.13. The van der Waals surface area contributed by atoms with Crippen LogP contribution in [0, 0.1) is 0 Å². The highest BCUT2D eigenvalue weighted by Crippen LogP contribution is 2.21. The van der Waals surface area contributed by atoms with Gasteiger partial charge in [0.15, 0.2) is 5.11 Å². The van der Waals surface area contributed by atoms with Crippen LogP contribution in [0.2, 0.25) is 0 Å². The summed E-state index contributed by atoms with van der Waals surface area (Å²) in [7, 11) is 0. The van der Waals surface area contributed by atoms with Crippen molar-refractivity contribution in [2.75, 3.05) is 12.3 Å². The summed E-state index contributed by atoms with van der Waals surface area (Å²) in [5.41, 5.74) is 7.28. The van der Waals surface area contributed by atoms with E-state index in [0.29, 0.717) is 10.7 Å². The van der Waals surface area contributed by atoms with Gasteiger partial charge in [-0.3, -0.25) is 15.6 Å². The number of nitrogens with one attached hydrogen (secondary N) is 3. The highest BCUT2D eigenvalue weighted by Gasteiger charge is 2.12. The van der Waals surface area contributed by atoms with Crippen molar-refractivity contribution < 1.29 is 4.79 Å². The maximum Gasteiger partial charge on any atom is 0.272 e. The van der Waals surface area contributed by atoms with Crippen molar-refractivity contribution in [1.29, 1.82) is 0 Å². The van der Waals surface area contributed by atoms with Crippen LogP contribution in [0.25, 0.3) is 0 Å². The third-order valence-corrected chi connectivity index (χ3v) is 5.40. The average molecular weight is 417 g/mol. The molecule has 0 saturated carbocycles. The van der Waals surface area contributed by atoms with Gasteiger partial charge in [0.25, 0.3) is 5.91 Å². The molecule has 2 rings (SSSR count). The highest BCUT2D eigenvalue weighted by atomic mass is 32.2. The molecular formula is C21H28N4OS2. The van der Waals surface area contributed by atoms with Crippen LogP contribution in [0.1, 0.15) is 48.5 Å². The van der Waals surface area contributed by atoms with Crippen molar-refractivity contribution in [3.05, 3.63) is 59.8 Å². The first-order valence-corrected chi connectivity index (χ1v) is 11.1. The minimum atomic E-state index is -0.237. The standard InChI is InChI=1S/C21H28N4OS2/c1-2-3-7-16-28-20-18(13-9-14-22-20)19(26)24-25-21(27)23-15-8-12-17-10-5-4-6-11-17/h4-6,9-11,13-14H,2-3,7-8,12,15-16H2,1H3,(H,24,26)(H2,23,25,27). The van der Waals surface area contributed by atoms with Gasteiger partial charge in [-0.05, 0) is 54.9 Å². The van der Waals surface area contributed by atoms with E-state index in [-0.39, 0.29) is 5.91 Å². The number of hydrogen-bond donors (Lipinski definition) is 3. The fourth-order valence-corrected chi connectivity index (χ4v) is 3.71. The normalized spacial score (nSPS) is 10.3. The molecule has 0 aliphatic rings. The molecule has 0 bridgehead atoms. The molecule has 0 spiro atoms. The number of thioether (sulfide) groups is 1. The fraction of sp³-hybridized carbons (Fsp3) is 0.381. The molecular weight excluding hydrogens is 388 g/mol. The molecule has 0 aliphatic heterocycles. The van der Waals surface area contributed by atoms with Crippen LogP contribution < -0.4 is 16.2 Å². The van der Waals surface area contributed by atoms with Gasteiger partial charge in [-0.1, -0.05) is 50.1 Å². The van der Waals surface area contributed by atoms with E-state index in [1.165, 1.54) is 18.4 Å². The Balaban J connectivity index is 1.70. The first kappa shape index (κ1) is 22.2. The predicted molar refractivity (Wildman–Crippen MR) is 120 cm³/mol. The molecule has 2 aromatic rings. The lowest BCUT2D eigenvalue weighted by Crippen LogP contribution is -2.47. The molecule has 1 aromatic carbocycles. The first-order valence-electron chi connectivity index (χ1n) is 9.66. The Kier molecular flexibility index (Phi) is 10.4. The van der Waals surface area contributed by atoms with E-state index in [2.05, 4.69) is 40.2 Å². The van der Waals surface area contributed by atoms with E-state index < -0.39 is 0 Å². The van der Waals surface area contributed by atoms with E-state index in [4.69, 9.17) is 12.2 Å². The number of amides is 1. The van der Waals surface area contributed by atoms with E-state index in [1.807, 2.05) is 18.2 Å². The molecule has 1 heterocycles. The van der Waals surface area contributed by atoms with Crippen molar-refractivity contribution in [2.24, 2.45) is 0 Å². The third kappa shape index (κ3) is 8.27. The number of hydrazine groups is 1. The molecule has 3 N–H and O–H groups in total. The maximum absolute atomic E-state index is 12.5. The lowest BCUT2D eigenvalue weighted by molar-refractivity contribution is 0.0940. The molecule has 0 atom stereocenters. The largest absolute Gasteiger partial charge is 0.361 e. The Morgan fingerprint density at radius 3 is 2.68 bits per heavy atom. The molecule has 0 aliphatic carbocycles. The van der Waals surface area contributed by atoms with E-state index in [9.17, 15) is 4.79 Å². The molecule has 0 fully saturated rings. The number of aryl methyl sites for hydroxylation is 1. The molecule has 7 heteroatoms. The predicted octanol–water partition coefficient (Wildman–Crippen LogP) is 4.11. The summed E-state index contributed by atoms with van der Waals surface area (Å²) in [6.45, 7) is 2.91. The number of carbonyl (C=O) groups is 1. The maximum atomic E-state index is 12.5. The first-order chi connectivity index (χ1) is 13.7. The zero-order chi connectivity index (χ0) is 20.0. The molecule has 0 unspecified atom stereocenters. The summed E-state index contributed by atoms with van der Waals surface area (Å²) in [5.74, 6) is 0.722. The number of unbranched alkanes of at least 4 members (excludes halogenated alkanes) is 2. The van der Waals surface area contributed by atoms with E-state index in [1.54, 1.807) is 30.1 Å². The van der Waals surface area contributed by atoms with Crippen LogP contribution in [0.3, 0.4) is 0 Å². The number of pyridine rings is 1. The van der Waals surface area contributed by atoms with Crippen LogP contribution in [0.4, 0.5) is 0 Å². The van der Waals surface area contributed by atoms with Crippen molar-refractivity contribution in [1.82, 2.24) is 21.2 Å². The molecule has 0 saturated heterocycles. The fourth-order valence-electron chi connectivity index (χ4n) is 2.56. The topological polar surface area (TPSA) is 66.0 Å². The van der Waals surface area contributed by atoms with E-state index >= 15 is 0 Å². The average Bonchev–Trinajstić information content (AvgIpc) is 2.73. The minimum absolute atomic E-state index is 0.237. The van der Waals surface area contributed by atoms with Crippen LogP contribution in [0.5, 0.6) is 0 Å². The second-order valence-electron chi connectivity index (χ2n) is 6.34. The Morgan fingerprint density at radius 2 is 1.89 bits per heavy atom. The van der Waals surface area contributed by atoms with Gasteiger partial charge in [0.1, 0.15) is 5.03 Å². The van der Waals surface area contributed by atoms with Gasteiger partial charge in [0, 0.05) is 12.7 Å². The third-order valence-electron chi connectivity index (χ3n) is 4.06. The highest BCUT2D eigenvalue weighted by molar-refractivity contribution is 7.99. The second-order valence-corrected chi connectivity index (χ2v) is 7.83. The monoisotopic (exact) mass is 416 g/mol. The summed E-state index contributed by atoms with van der Waals surface area (Å²) in [4.78, 5) is 16.8. The van der Waals surface area contributed by atoms with Gasteiger partial charge in [0.2, 0.25) is 0 Å². The van der Waals surface area contributed by atoms with Gasteiger partial charge in [-0.2, -0.15) is 0 Å². The summed E-state index contributed by atoms with van der Waals surface area (Å²) in [6.07, 6.45) is 7.14. The molecule has 0 radical (unpaired) electrons. The van der Waals surface area contributed by atoms with Crippen molar-refractivity contribution in [3.8, 4) is 0 Å². The van der Waals surface area contributed by atoms with Gasteiger partial charge in [0.05, 0.1) is 5.56 Å². The summed E-state index contributed by atoms with van der Waals surface area (Å²) >= 11 is 6.84. The smallest absolute Gasteiger partial charge is 0.272 e. The van der Waals surface area contributed by atoms with Crippen LogP contribution in [-0.4, -0.2) is 28.3 Å². The zero-order valence-corrected chi connectivity index (χ0v) is 17.9. The number of rotatable bonds is 10. The number of thiocarbonyl (C=S) groups is 1. The van der Waals surface area contributed by atoms with Gasteiger partial charge >= 0.3 is 0 Å². The second kappa shape index (κ2) is 13.1. The zero-order valence-electron chi connectivity index (χ0n) is 16.2. The molecule has 1 aromatic heterocycles. The Labute approximate surface area is 177 Å². The lowest BCUT2D eigenvalue weighted by atomic mass is 10.1. The quantitative estimate of drug-likeness (QED) is 0.234. The Hall–Kier alpha value is -2.12. The van der Waals surface area contributed by atoms with Crippen molar-refractivity contribution >= 4 is 35.0 Å². The summed E-state index contributed by atoms with van der Waals surface area (Å²) in [5, 5.41) is 4.26. The van der Waals surface area contributed by atoms with Crippen molar-refractivity contribution in [3.63, 3.8) is 0 Å².